The largest absolute Gasteiger partial charge is 0.508 e. The number of phenolic OH excluding ortho intramolecular Hbond substituents is 1. The quantitative estimate of drug-likeness (QED) is 0.262. The summed E-state index contributed by atoms with van der Waals surface area (Å²) < 4.78 is 0. The average Bonchev–Trinajstić information content (AvgIpc) is 3.08. The monoisotopic (exact) mass is 420 g/mol. The summed E-state index contributed by atoms with van der Waals surface area (Å²) in [4.78, 5) is 16.4. The number of aromatic hydroxyl groups is 1. The number of nitrogens with one attached hydrogen (secondary N) is 2. The summed E-state index contributed by atoms with van der Waals surface area (Å²) in [6, 6.07) is 21.8. The van der Waals surface area contributed by atoms with Gasteiger partial charge in [-0.1, -0.05) is 60.1 Å². The lowest BCUT2D eigenvalue weighted by Crippen LogP contribution is -2.31. The van der Waals surface area contributed by atoms with Gasteiger partial charge in [-0.3, -0.25) is 10.0 Å². The maximum absolute atomic E-state index is 13.0. The summed E-state index contributed by atoms with van der Waals surface area (Å²) >= 11 is 6.11. The smallest absolute Gasteiger partial charge is 0.251 e. The molecule has 1 amide bonds. The summed E-state index contributed by atoms with van der Waals surface area (Å²) in [6.45, 7) is 1.96. The van der Waals surface area contributed by atoms with Gasteiger partial charge < -0.3 is 10.1 Å². The molecule has 4 N–H and O–H groups in total. The lowest BCUT2D eigenvalue weighted by molar-refractivity contribution is -0.131. The van der Waals surface area contributed by atoms with Crippen LogP contribution in [0.4, 0.5) is 0 Å². The molecule has 152 valence electrons. The maximum Gasteiger partial charge on any atom is 0.251 e. The average molecular weight is 421 g/mol. The predicted octanol–water partition coefficient (Wildman–Crippen LogP) is 5.26. The van der Waals surface area contributed by atoms with E-state index >= 15 is 0 Å². The molecule has 0 aliphatic carbocycles. The number of benzene rings is 3. The Morgan fingerprint density at radius 3 is 2.37 bits per heavy atom. The van der Waals surface area contributed by atoms with Crippen LogP contribution in [0.1, 0.15) is 34.2 Å². The number of para-hydroxylation sites is 2. The highest BCUT2D eigenvalue weighted by molar-refractivity contribution is 6.30. The number of hydroxylamine groups is 1. The van der Waals surface area contributed by atoms with Gasteiger partial charge in [0.2, 0.25) is 0 Å². The van der Waals surface area contributed by atoms with E-state index in [1.54, 1.807) is 35.8 Å². The van der Waals surface area contributed by atoms with E-state index in [-0.39, 0.29) is 5.75 Å². The Labute approximate surface area is 178 Å². The van der Waals surface area contributed by atoms with Crippen LogP contribution in [-0.2, 0) is 4.79 Å². The molecule has 0 fully saturated rings. The van der Waals surface area contributed by atoms with Crippen LogP contribution in [0.5, 0.6) is 5.75 Å². The van der Waals surface area contributed by atoms with Crippen molar-refractivity contribution in [2.45, 2.75) is 18.8 Å². The highest BCUT2D eigenvalue weighted by Gasteiger charge is 2.36. The summed E-state index contributed by atoms with van der Waals surface area (Å²) in [6.07, 6.45) is 0. The Hall–Kier alpha value is -3.28. The Bertz CT molecular complexity index is 1200. The molecule has 4 rings (SSSR count). The fourth-order valence-corrected chi connectivity index (χ4v) is 4.31. The van der Waals surface area contributed by atoms with Crippen LogP contribution in [0.25, 0.3) is 10.9 Å². The molecule has 6 heteroatoms. The van der Waals surface area contributed by atoms with E-state index < -0.39 is 17.7 Å². The first-order valence-corrected chi connectivity index (χ1v) is 9.93. The zero-order chi connectivity index (χ0) is 21.3. The van der Waals surface area contributed by atoms with E-state index in [1.807, 2.05) is 43.3 Å². The molecule has 0 spiro atoms. The van der Waals surface area contributed by atoms with E-state index in [9.17, 15) is 15.1 Å². The number of carbonyl (C=O) groups excluding carboxylic acids is 1. The number of rotatable bonds is 5. The van der Waals surface area contributed by atoms with Crippen LogP contribution in [-0.4, -0.2) is 21.2 Å². The highest BCUT2D eigenvalue weighted by Crippen LogP contribution is 2.45. The van der Waals surface area contributed by atoms with Gasteiger partial charge in [-0.2, -0.15) is 0 Å². The van der Waals surface area contributed by atoms with E-state index in [4.69, 9.17) is 11.6 Å². The summed E-state index contributed by atoms with van der Waals surface area (Å²) in [5.74, 6) is -1.99. The standard InChI is InChI=1S/C24H21ClN2O3/c1-14-21(17-6-2-4-8-19(17)26-14)22(15-10-12-16(25)13-11-15)23(24(29)27-30)18-7-3-5-9-20(18)28/h2-13,22-23,26,28,30H,1H3,(H,27,29)/t22-,23-/m0/s1. The lowest BCUT2D eigenvalue weighted by Gasteiger charge is -2.28. The van der Waals surface area contributed by atoms with Gasteiger partial charge in [0.15, 0.2) is 0 Å². The minimum absolute atomic E-state index is 0.0115. The summed E-state index contributed by atoms with van der Waals surface area (Å²) in [7, 11) is 0. The van der Waals surface area contributed by atoms with Crippen molar-refractivity contribution in [1.29, 1.82) is 0 Å². The van der Waals surface area contributed by atoms with Crippen molar-refractivity contribution in [3.8, 4) is 5.75 Å². The van der Waals surface area contributed by atoms with Gasteiger partial charge >= 0.3 is 0 Å². The second-order valence-electron chi connectivity index (χ2n) is 7.25. The molecule has 4 aromatic rings. The van der Waals surface area contributed by atoms with Gasteiger partial charge in [0.25, 0.3) is 5.91 Å². The van der Waals surface area contributed by atoms with Crippen LogP contribution in [0, 0.1) is 6.92 Å². The number of hydrogen-bond acceptors (Lipinski definition) is 3. The molecule has 5 nitrogen and oxygen atoms in total. The zero-order valence-electron chi connectivity index (χ0n) is 16.3. The molecule has 1 aromatic heterocycles. The molecule has 0 aliphatic heterocycles. The molecular formula is C24H21ClN2O3. The number of aryl methyl sites for hydroxylation is 1. The van der Waals surface area contributed by atoms with Gasteiger partial charge in [0, 0.05) is 33.1 Å². The maximum atomic E-state index is 13.0. The van der Waals surface area contributed by atoms with Crippen molar-refractivity contribution in [2.75, 3.05) is 0 Å². The normalized spacial score (nSPS) is 13.2. The molecule has 0 saturated heterocycles. The van der Waals surface area contributed by atoms with Crippen molar-refractivity contribution in [2.24, 2.45) is 0 Å². The fourth-order valence-electron chi connectivity index (χ4n) is 4.19. The Balaban J connectivity index is 2.03. The first-order chi connectivity index (χ1) is 14.5. The number of halogens is 1. The molecular weight excluding hydrogens is 400 g/mol. The van der Waals surface area contributed by atoms with Gasteiger partial charge in [0.1, 0.15) is 5.75 Å². The number of hydrogen-bond donors (Lipinski definition) is 4. The van der Waals surface area contributed by atoms with Gasteiger partial charge in [-0.15, -0.1) is 0 Å². The van der Waals surface area contributed by atoms with E-state index in [2.05, 4.69) is 4.98 Å². The summed E-state index contributed by atoms with van der Waals surface area (Å²) in [5, 5.41) is 21.7. The minimum atomic E-state index is -0.879. The number of phenols is 1. The number of H-pyrrole nitrogens is 1. The van der Waals surface area contributed by atoms with Crippen molar-refractivity contribution in [3.63, 3.8) is 0 Å². The molecule has 30 heavy (non-hydrogen) atoms. The van der Waals surface area contributed by atoms with Crippen molar-refractivity contribution >= 4 is 28.4 Å². The minimum Gasteiger partial charge on any atom is -0.508 e. The van der Waals surface area contributed by atoms with Gasteiger partial charge in [-0.05, 0) is 42.3 Å². The summed E-state index contributed by atoms with van der Waals surface area (Å²) in [5.41, 5.74) is 5.83. The molecule has 1 heterocycles. The van der Waals surface area contributed by atoms with Crippen LogP contribution in [0.3, 0.4) is 0 Å². The van der Waals surface area contributed by atoms with Crippen LogP contribution in [0.15, 0.2) is 72.8 Å². The van der Waals surface area contributed by atoms with Gasteiger partial charge in [-0.25, -0.2) is 5.48 Å². The molecule has 3 aromatic carbocycles. The molecule has 0 aliphatic rings. The fraction of sp³-hybridized carbons (Fsp3) is 0.125. The first-order valence-electron chi connectivity index (χ1n) is 9.55. The molecule has 0 radical (unpaired) electrons. The number of fused-ring (bicyclic) bond motifs is 1. The third-order valence-corrected chi connectivity index (χ3v) is 5.73. The van der Waals surface area contributed by atoms with Crippen LogP contribution in [0.2, 0.25) is 5.02 Å². The van der Waals surface area contributed by atoms with E-state index in [0.717, 1.165) is 27.7 Å². The Kier molecular flexibility index (Phi) is 5.48. The number of carbonyl (C=O) groups is 1. The third-order valence-electron chi connectivity index (χ3n) is 5.48. The van der Waals surface area contributed by atoms with Crippen molar-refractivity contribution in [3.05, 3.63) is 100 Å². The lowest BCUT2D eigenvalue weighted by atomic mass is 9.75. The van der Waals surface area contributed by atoms with Crippen molar-refractivity contribution < 1.29 is 15.1 Å². The van der Waals surface area contributed by atoms with E-state index in [0.29, 0.717) is 10.6 Å². The molecule has 0 unspecified atom stereocenters. The predicted molar refractivity (Wildman–Crippen MR) is 117 cm³/mol. The highest BCUT2D eigenvalue weighted by atomic mass is 35.5. The second-order valence-corrected chi connectivity index (χ2v) is 7.69. The molecule has 2 atom stereocenters. The molecule has 0 bridgehead atoms. The first kappa shape index (κ1) is 20.0. The number of amides is 1. The Morgan fingerprint density at radius 2 is 1.67 bits per heavy atom. The van der Waals surface area contributed by atoms with Crippen LogP contribution < -0.4 is 5.48 Å². The topological polar surface area (TPSA) is 85.4 Å². The van der Waals surface area contributed by atoms with E-state index in [1.165, 1.54) is 6.07 Å². The van der Waals surface area contributed by atoms with Crippen molar-refractivity contribution in [1.82, 2.24) is 10.5 Å². The van der Waals surface area contributed by atoms with Gasteiger partial charge in [0.05, 0.1) is 5.92 Å². The second kappa shape index (κ2) is 8.22. The molecule has 0 saturated carbocycles. The third kappa shape index (κ3) is 3.54. The zero-order valence-corrected chi connectivity index (χ0v) is 17.0. The number of aromatic nitrogens is 1. The number of aromatic amines is 1. The van der Waals surface area contributed by atoms with Crippen LogP contribution >= 0.6 is 11.6 Å². The SMILES string of the molecule is Cc1[nH]c2ccccc2c1[C@H](c1ccc(Cl)cc1)[C@@H](C(=O)NO)c1ccccc1O. The Morgan fingerprint density at radius 1 is 1.00 bits per heavy atom.